The van der Waals surface area contributed by atoms with E-state index < -0.39 is 0 Å². The van der Waals surface area contributed by atoms with Crippen molar-refractivity contribution in [3.63, 3.8) is 0 Å². The van der Waals surface area contributed by atoms with Crippen molar-refractivity contribution in [2.24, 2.45) is 0 Å². The van der Waals surface area contributed by atoms with Crippen LogP contribution in [0.4, 0.5) is 0 Å². The van der Waals surface area contributed by atoms with E-state index in [-0.39, 0.29) is 11.3 Å². The van der Waals surface area contributed by atoms with Crippen molar-refractivity contribution < 1.29 is 9.84 Å². The second-order valence-corrected chi connectivity index (χ2v) is 4.29. The first kappa shape index (κ1) is 12.2. The topological polar surface area (TPSA) is 64.3 Å². The smallest absolute Gasteiger partial charge is 0.260 e. The number of nitrogens with zero attached hydrogens (tertiary/aromatic N) is 2. The molecule has 0 atom stereocenters. The molecule has 3 rings (SSSR count). The lowest BCUT2D eigenvalue weighted by atomic mass is 10.2. The van der Waals surface area contributed by atoms with E-state index in [1.54, 1.807) is 6.07 Å². The summed E-state index contributed by atoms with van der Waals surface area (Å²) in [5.74, 6) is 0.412. The van der Waals surface area contributed by atoms with E-state index in [0.717, 1.165) is 0 Å². The molecular weight excluding hydrogens is 256 g/mol. The van der Waals surface area contributed by atoms with Gasteiger partial charge >= 0.3 is 0 Å². The summed E-state index contributed by atoms with van der Waals surface area (Å²) >= 11 is 0. The van der Waals surface area contributed by atoms with Crippen molar-refractivity contribution >= 4 is 11.0 Å². The van der Waals surface area contributed by atoms with Crippen molar-refractivity contribution in [3.8, 4) is 17.2 Å². The van der Waals surface area contributed by atoms with Gasteiger partial charge in [0.2, 0.25) is 0 Å². The number of hydrogen-bond donors (Lipinski definition) is 1. The third-order valence-corrected chi connectivity index (χ3v) is 3.06. The molecule has 0 amide bonds. The molecule has 2 aromatic heterocycles. The van der Waals surface area contributed by atoms with Gasteiger partial charge in [-0.1, -0.05) is 18.2 Å². The Kier molecular flexibility index (Phi) is 2.87. The molecule has 0 radical (unpaired) electrons. The maximum Gasteiger partial charge on any atom is 0.260 e. The van der Waals surface area contributed by atoms with Gasteiger partial charge in [0, 0.05) is 6.07 Å². The predicted octanol–water partition coefficient (Wildman–Crippen LogP) is 2.10. The lowest BCUT2D eigenvalue weighted by Gasteiger charge is -2.11. The summed E-state index contributed by atoms with van der Waals surface area (Å²) < 4.78 is 6.54. The highest BCUT2D eigenvalue weighted by Crippen LogP contribution is 2.26. The Morgan fingerprint density at radius 1 is 1.20 bits per heavy atom. The van der Waals surface area contributed by atoms with Crippen LogP contribution in [0.3, 0.4) is 0 Å². The van der Waals surface area contributed by atoms with Crippen LogP contribution in [0.2, 0.25) is 0 Å². The molecule has 1 aromatic carbocycles. The number of ether oxygens (including phenoxy) is 1. The van der Waals surface area contributed by atoms with Crippen molar-refractivity contribution in [2.45, 2.75) is 0 Å². The Hall–Kier alpha value is -2.82. The van der Waals surface area contributed by atoms with Crippen molar-refractivity contribution in [1.29, 1.82) is 0 Å². The van der Waals surface area contributed by atoms with Crippen LogP contribution in [-0.4, -0.2) is 21.8 Å². The summed E-state index contributed by atoms with van der Waals surface area (Å²) in [5, 5.41) is 10.4. The van der Waals surface area contributed by atoms with E-state index in [1.165, 1.54) is 23.9 Å². The quantitative estimate of drug-likeness (QED) is 0.773. The molecule has 100 valence electrons. The number of para-hydroxylation sites is 1. The van der Waals surface area contributed by atoms with E-state index in [2.05, 4.69) is 4.98 Å². The molecule has 20 heavy (non-hydrogen) atoms. The number of rotatable bonds is 2. The zero-order valence-electron chi connectivity index (χ0n) is 10.8. The molecule has 0 bridgehead atoms. The number of methoxy groups -OCH3 is 1. The molecule has 0 unspecified atom stereocenters. The Balaban J connectivity index is 2.40. The van der Waals surface area contributed by atoms with E-state index in [4.69, 9.17) is 4.74 Å². The van der Waals surface area contributed by atoms with Crippen LogP contribution in [0.15, 0.2) is 53.5 Å². The standard InChI is InChI=1S/C15H12N2O3/c1-20-11-7-12-13(18)8-14(19)17(15(12)16-9-11)10-5-3-2-4-6-10/h2-9,18H,1H3. The van der Waals surface area contributed by atoms with Crippen LogP contribution in [0.25, 0.3) is 16.7 Å². The second kappa shape index (κ2) is 4.70. The van der Waals surface area contributed by atoms with Crippen LogP contribution in [0.1, 0.15) is 0 Å². The molecule has 0 saturated carbocycles. The minimum absolute atomic E-state index is 0.108. The van der Waals surface area contributed by atoms with E-state index in [9.17, 15) is 9.90 Å². The molecule has 5 nitrogen and oxygen atoms in total. The first-order valence-corrected chi connectivity index (χ1v) is 6.05. The molecule has 1 N–H and O–H groups in total. The largest absolute Gasteiger partial charge is 0.507 e. The molecule has 0 aliphatic heterocycles. The van der Waals surface area contributed by atoms with Crippen LogP contribution in [-0.2, 0) is 0 Å². The minimum Gasteiger partial charge on any atom is -0.507 e. The molecule has 0 aliphatic carbocycles. The highest BCUT2D eigenvalue weighted by Gasteiger charge is 2.11. The molecule has 0 fully saturated rings. The van der Waals surface area contributed by atoms with Gasteiger partial charge < -0.3 is 9.84 Å². The third kappa shape index (κ3) is 1.89. The normalized spacial score (nSPS) is 10.7. The first-order chi connectivity index (χ1) is 9.70. The molecule has 0 saturated heterocycles. The highest BCUT2D eigenvalue weighted by atomic mass is 16.5. The van der Waals surface area contributed by atoms with Gasteiger partial charge in [0.15, 0.2) is 5.65 Å². The molecule has 3 aromatic rings. The van der Waals surface area contributed by atoms with Gasteiger partial charge in [-0.2, -0.15) is 0 Å². The lowest BCUT2D eigenvalue weighted by Crippen LogP contribution is -2.18. The van der Waals surface area contributed by atoms with E-state index in [1.807, 2.05) is 30.3 Å². The highest BCUT2D eigenvalue weighted by molar-refractivity contribution is 5.84. The Morgan fingerprint density at radius 3 is 2.65 bits per heavy atom. The molecule has 2 heterocycles. The maximum absolute atomic E-state index is 12.1. The summed E-state index contributed by atoms with van der Waals surface area (Å²) in [6.07, 6.45) is 1.51. The minimum atomic E-state index is -0.334. The average molecular weight is 268 g/mol. The van der Waals surface area contributed by atoms with Gasteiger partial charge in [-0.3, -0.25) is 9.36 Å². The number of benzene rings is 1. The monoisotopic (exact) mass is 268 g/mol. The number of fused-ring (bicyclic) bond motifs is 1. The Labute approximate surface area is 114 Å². The molecular formula is C15H12N2O3. The van der Waals surface area contributed by atoms with Gasteiger partial charge in [0.25, 0.3) is 5.56 Å². The summed E-state index contributed by atoms with van der Waals surface area (Å²) in [7, 11) is 1.52. The zero-order chi connectivity index (χ0) is 14.1. The maximum atomic E-state index is 12.1. The molecule has 0 spiro atoms. The Bertz CT molecular complexity index is 826. The van der Waals surface area contributed by atoms with Gasteiger partial charge in [-0.25, -0.2) is 4.98 Å². The summed E-state index contributed by atoms with van der Waals surface area (Å²) in [5.41, 5.74) is 0.751. The van der Waals surface area contributed by atoms with Gasteiger partial charge in [-0.15, -0.1) is 0 Å². The summed E-state index contributed by atoms with van der Waals surface area (Å²) in [4.78, 5) is 16.4. The fourth-order valence-electron chi connectivity index (χ4n) is 2.11. The van der Waals surface area contributed by atoms with Gasteiger partial charge in [0.1, 0.15) is 11.5 Å². The van der Waals surface area contributed by atoms with Crippen molar-refractivity contribution in [3.05, 3.63) is 59.0 Å². The number of aromatic nitrogens is 2. The summed E-state index contributed by atoms with van der Waals surface area (Å²) in [6.45, 7) is 0. The zero-order valence-corrected chi connectivity index (χ0v) is 10.8. The van der Waals surface area contributed by atoms with E-state index >= 15 is 0 Å². The van der Waals surface area contributed by atoms with Gasteiger partial charge in [-0.05, 0) is 18.2 Å². The number of hydrogen-bond acceptors (Lipinski definition) is 4. The molecule has 0 aliphatic rings. The average Bonchev–Trinajstić information content (AvgIpc) is 2.48. The van der Waals surface area contributed by atoms with Crippen LogP contribution >= 0.6 is 0 Å². The number of aromatic hydroxyl groups is 1. The SMILES string of the molecule is COc1cnc2c(c1)c(O)cc(=O)n2-c1ccccc1. The van der Waals surface area contributed by atoms with Crippen LogP contribution in [0, 0.1) is 0 Å². The van der Waals surface area contributed by atoms with Crippen LogP contribution in [0.5, 0.6) is 11.5 Å². The number of pyridine rings is 2. The molecule has 5 heteroatoms. The van der Waals surface area contributed by atoms with Crippen molar-refractivity contribution in [2.75, 3.05) is 7.11 Å². The summed E-state index contributed by atoms with van der Waals surface area (Å²) in [6, 6.07) is 12.0. The third-order valence-electron chi connectivity index (χ3n) is 3.06. The van der Waals surface area contributed by atoms with Crippen molar-refractivity contribution in [1.82, 2.24) is 9.55 Å². The van der Waals surface area contributed by atoms with E-state index in [0.29, 0.717) is 22.5 Å². The fourth-order valence-corrected chi connectivity index (χ4v) is 2.11. The first-order valence-electron chi connectivity index (χ1n) is 6.05. The second-order valence-electron chi connectivity index (χ2n) is 4.29. The fraction of sp³-hybridized carbons (Fsp3) is 0.0667. The predicted molar refractivity (Wildman–Crippen MR) is 75.6 cm³/mol. The lowest BCUT2D eigenvalue weighted by molar-refractivity contribution is 0.413. The van der Waals surface area contributed by atoms with Gasteiger partial charge in [0.05, 0.1) is 24.4 Å². The Morgan fingerprint density at radius 2 is 1.95 bits per heavy atom. The van der Waals surface area contributed by atoms with Crippen LogP contribution < -0.4 is 10.3 Å².